The first-order chi connectivity index (χ1) is 6.50. The SMILES string of the molecule is NC(Cc1ccc(Cl)c(Br)c1)C(=O)O. The summed E-state index contributed by atoms with van der Waals surface area (Å²) in [6.45, 7) is 0. The van der Waals surface area contributed by atoms with E-state index in [0.717, 1.165) is 10.0 Å². The molecule has 1 aromatic rings. The molecule has 14 heavy (non-hydrogen) atoms. The van der Waals surface area contributed by atoms with Gasteiger partial charge in [0.25, 0.3) is 0 Å². The molecule has 0 aromatic heterocycles. The lowest BCUT2D eigenvalue weighted by Gasteiger charge is -2.07. The van der Waals surface area contributed by atoms with Gasteiger partial charge in [-0.1, -0.05) is 17.7 Å². The predicted molar refractivity (Wildman–Crippen MR) is 58.5 cm³/mol. The Labute approximate surface area is 95.0 Å². The maximum absolute atomic E-state index is 10.5. The molecule has 0 bridgehead atoms. The molecule has 0 aliphatic rings. The van der Waals surface area contributed by atoms with Crippen LogP contribution in [0, 0.1) is 0 Å². The van der Waals surface area contributed by atoms with Gasteiger partial charge in [0.15, 0.2) is 0 Å². The Kier molecular flexibility index (Phi) is 3.92. The highest BCUT2D eigenvalue weighted by Crippen LogP contribution is 2.23. The molecule has 0 saturated carbocycles. The van der Waals surface area contributed by atoms with Gasteiger partial charge in [-0.05, 0) is 40.0 Å². The summed E-state index contributed by atoms with van der Waals surface area (Å²) in [6, 6.07) is 4.36. The molecule has 0 aliphatic heterocycles. The molecule has 0 radical (unpaired) electrons. The molecule has 1 rings (SSSR count). The van der Waals surface area contributed by atoms with Crippen molar-refractivity contribution in [2.45, 2.75) is 12.5 Å². The van der Waals surface area contributed by atoms with Crippen molar-refractivity contribution < 1.29 is 9.90 Å². The number of aliphatic carboxylic acids is 1. The minimum absolute atomic E-state index is 0.297. The average Bonchev–Trinajstić information content (AvgIpc) is 2.11. The van der Waals surface area contributed by atoms with Crippen LogP contribution in [0.4, 0.5) is 0 Å². The van der Waals surface area contributed by atoms with Crippen molar-refractivity contribution in [1.29, 1.82) is 0 Å². The van der Waals surface area contributed by atoms with E-state index in [1.807, 2.05) is 0 Å². The Hall–Kier alpha value is -0.580. The van der Waals surface area contributed by atoms with E-state index in [4.69, 9.17) is 22.4 Å². The molecule has 1 aromatic carbocycles. The number of benzene rings is 1. The van der Waals surface area contributed by atoms with Crippen molar-refractivity contribution in [2.24, 2.45) is 5.73 Å². The number of hydrogen-bond acceptors (Lipinski definition) is 2. The number of hydrogen-bond donors (Lipinski definition) is 2. The second-order valence-corrected chi connectivity index (χ2v) is 4.16. The average molecular weight is 279 g/mol. The second-order valence-electron chi connectivity index (χ2n) is 2.90. The van der Waals surface area contributed by atoms with Gasteiger partial charge in [0.1, 0.15) is 6.04 Å². The number of carbonyl (C=O) groups is 1. The molecule has 76 valence electrons. The summed E-state index contributed by atoms with van der Waals surface area (Å²) in [5, 5.41) is 9.20. The largest absolute Gasteiger partial charge is 0.480 e. The van der Waals surface area contributed by atoms with Gasteiger partial charge in [0.05, 0.1) is 5.02 Å². The minimum Gasteiger partial charge on any atom is -0.480 e. The molecule has 3 N–H and O–H groups in total. The molecule has 0 spiro atoms. The third-order valence-electron chi connectivity index (χ3n) is 1.76. The number of rotatable bonds is 3. The quantitative estimate of drug-likeness (QED) is 0.889. The highest BCUT2D eigenvalue weighted by Gasteiger charge is 2.12. The Balaban J connectivity index is 2.78. The van der Waals surface area contributed by atoms with Crippen LogP contribution in [0.15, 0.2) is 22.7 Å². The third kappa shape index (κ3) is 2.97. The lowest BCUT2D eigenvalue weighted by atomic mass is 10.1. The predicted octanol–water partition coefficient (Wildman–Crippen LogP) is 2.06. The first-order valence-electron chi connectivity index (χ1n) is 3.93. The monoisotopic (exact) mass is 277 g/mol. The number of halogens is 2. The molecule has 1 atom stereocenters. The summed E-state index contributed by atoms with van der Waals surface area (Å²) in [4.78, 5) is 10.5. The zero-order valence-electron chi connectivity index (χ0n) is 7.21. The molecule has 0 fully saturated rings. The van der Waals surface area contributed by atoms with E-state index >= 15 is 0 Å². The fraction of sp³-hybridized carbons (Fsp3) is 0.222. The summed E-state index contributed by atoms with van der Waals surface area (Å²) >= 11 is 9.04. The fourth-order valence-corrected chi connectivity index (χ4v) is 1.55. The van der Waals surface area contributed by atoms with Gasteiger partial charge in [-0.2, -0.15) is 0 Å². The van der Waals surface area contributed by atoms with Crippen molar-refractivity contribution in [3.63, 3.8) is 0 Å². The van der Waals surface area contributed by atoms with Gasteiger partial charge in [-0.3, -0.25) is 4.79 Å². The van der Waals surface area contributed by atoms with Gasteiger partial charge in [-0.25, -0.2) is 0 Å². The smallest absolute Gasteiger partial charge is 0.320 e. The van der Waals surface area contributed by atoms with Crippen molar-refractivity contribution in [3.05, 3.63) is 33.3 Å². The lowest BCUT2D eigenvalue weighted by molar-refractivity contribution is -0.138. The molecule has 0 saturated heterocycles. The molecule has 3 nitrogen and oxygen atoms in total. The molecular formula is C9H9BrClNO2. The fourth-order valence-electron chi connectivity index (χ4n) is 1.01. The van der Waals surface area contributed by atoms with E-state index < -0.39 is 12.0 Å². The Morgan fingerprint density at radius 2 is 2.29 bits per heavy atom. The van der Waals surface area contributed by atoms with Crippen LogP contribution in [0.5, 0.6) is 0 Å². The van der Waals surface area contributed by atoms with Crippen molar-refractivity contribution in [1.82, 2.24) is 0 Å². The third-order valence-corrected chi connectivity index (χ3v) is 2.97. The highest BCUT2D eigenvalue weighted by atomic mass is 79.9. The molecule has 0 heterocycles. The van der Waals surface area contributed by atoms with Crippen LogP contribution in [0.25, 0.3) is 0 Å². The summed E-state index contributed by atoms with van der Waals surface area (Å²) in [5.74, 6) is -1.00. The Morgan fingerprint density at radius 1 is 1.64 bits per heavy atom. The van der Waals surface area contributed by atoms with Crippen LogP contribution in [-0.4, -0.2) is 17.1 Å². The molecule has 0 amide bonds. The van der Waals surface area contributed by atoms with Crippen LogP contribution < -0.4 is 5.73 Å². The van der Waals surface area contributed by atoms with Gasteiger partial charge in [0.2, 0.25) is 0 Å². The van der Waals surface area contributed by atoms with E-state index in [-0.39, 0.29) is 0 Å². The highest BCUT2D eigenvalue weighted by molar-refractivity contribution is 9.10. The lowest BCUT2D eigenvalue weighted by Crippen LogP contribution is -2.32. The van der Waals surface area contributed by atoms with E-state index in [1.165, 1.54) is 0 Å². The first-order valence-corrected chi connectivity index (χ1v) is 5.10. The van der Waals surface area contributed by atoms with E-state index in [9.17, 15) is 4.79 Å². The number of carboxylic acids is 1. The topological polar surface area (TPSA) is 63.3 Å². The molecular weight excluding hydrogens is 269 g/mol. The Bertz CT molecular complexity index is 357. The summed E-state index contributed by atoms with van der Waals surface area (Å²) in [6.07, 6.45) is 0.297. The molecule has 5 heteroatoms. The van der Waals surface area contributed by atoms with Crippen molar-refractivity contribution >= 4 is 33.5 Å². The van der Waals surface area contributed by atoms with Gasteiger partial charge in [0, 0.05) is 4.47 Å². The number of nitrogens with two attached hydrogens (primary N) is 1. The van der Waals surface area contributed by atoms with E-state index in [1.54, 1.807) is 18.2 Å². The van der Waals surface area contributed by atoms with Crippen LogP contribution >= 0.6 is 27.5 Å². The van der Waals surface area contributed by atoms with E-state index in [2.05, 4.69) is 15.9 Å². The maximum atomic E-state index is 10.5. The zero-order valence-corrected chi connectivity index (χ0v) is 9.55. The second kappa shape index (κ2) is 4.77. The van der Waals surface area contributed by atoms with Gasteiger partial charge < -0.3 is 10.8 Å². The van der Waals surface area contributed by atoms with Crippen LogP contribution in [0.3, 0.4) is 0 Å². The first kappa shape index (κ1) is 11.5. The standard InChI is InChI=1S/C9H9BrClNO2/c10-6-3-5(1-2-7(6)11)4-8(12)9(13)14/h1-3,8H,4,12H2,(H,13,14). The summed E-state index contributed by atoms with van der Waals surface area (Å²) in [7, 11) is 0. The van der Waals surface area contributed by atoms with E-state index in [0.29, 0.717) is 11.4 Å². The summed E-state index contributed by atoms with van der Waals surface area (Å²) < 4.78 is 0.745. The van der Waals surface area contributed by atoms with Gasteiger partial charge >= 0.3 is 5.97 Å². The minimum atomic E-state index is -1.00. The van der Waals surface area contributed by atoms with Crippen LogP contribution in [0.2, 0.25) is 5.02 Å². The van der Waals surface area contributed by atoms with Gasteiger partial charge in [-0.15, -0.1) is 0 Å². The zero-order chi connectivity index (χ0) is 10.7. The molecule has 0 aliphatic carbocycles. The summed E-state index contributed by atoms with van der Waals surface area (Å²) in [5.41, 5.74) is 6.23. The maximum Gasteiger partial charge on any atom is 0.320 e. The Morgan fingerprint density at radius 3 is 2.79 bits per heavy atom. The van der Waals surface area contributed by atoms with Crippen molar-refractivity contribution in [3.8, 4) is 0 Å². The molecule has 1 unspecified atom stereocenters. The van der Waals surface area contributed by atoms with Crippen LogP contribution in [0.1, 0.15) is 5.56 Å². The normalized spacial score (nSPS) is 12.5. The van der Waals surface area contributed by atoms with Crippen LogP contribution in [-0.2, 0) is 11.2 Å². The van der Waals surface area contributed by atoms with Crippen molar-refractivity contribution in [2.75, 3.05) is 0 Å². The number of carboxylic acid groups (broad SMARTS) is 1.